The third-order valence-corrected chi connectivity index (χ3v) is 5.88. The molecule has 29 heavy (non-hydrogen) atoms. The van der Waals surface area contributed by atoms with Gasteiger partial charge >= 0.3 is 0 Å². The summed E-state index contributed by atoms with van der Waals surface area (Å²) in [6.07, 6.45) is 4.61. The average molecular weight is 430 g/mol. The Morgan fingerprint density at radius 1 is 1.14 bits per heavy atom. The minimum absolute atomic E-state index is 0.0793. The second-order valence-electron chi connectivity index (χ2n) is 5.79. The fraction of sp³-hybridized carbons (Fsp3) is 0.100. The standard InChI is InChI=1S/C20H19N3O4S2/c1-2-27-17-8-3-15(4-9-17)5-12-19(24)22-16-6-10-18(11-7-16)29(25,26)23-20-21-13-14-28-20/h3-14H,2H2,1H3,(H,21,23)(H,22,24)/b12-5+. The molecule has 3 rings (SSSR count). The molecule has 9 heteroatoms. The Balaban J connectivity index is 1.59. The van der Waals surface area contributed by atoms with E-state index in [4.69, 9.17) is 4.74 Å². The summed E-state index contributed by atoms with van der Waals surface area (Å²) in [5.41, 5.74) is 1.35. The fourth-order valence-electron chi connectivity index (χ4n) is 2.36. The Morgan fingerprint density at radius 2 is 1.86 bits per heavy atom. The van der Waals surface area contributed by atoms with Crippen LogP contribution in [-0.4, -0.2) is 25.9 Å². The molecule has 0 saturated carbocycles. The lowest BCUT2D eigenvalue weighted by molar-refractivity contribution is -0.111. The predicted octanol–water partition coefficient (Wildman–Crippen LogP) is 3.99. The first-order valence-corrected chi connectivity index (χ1v) is 11.1. The molecule has 0 bridgehead atoms. The van der Waals surface area contributed by atoms with Gasteiger partial charge in [0.25, 0.3) is 10.0 Å². The molecule has 2 N–H and O–H groups in total. The number of anilines is 2. The van der Waals surface area contributed by atoms with Crippen LogP contribution >= 0.6 is 11.3 Å². The van der Waals surface area contributed by atoms with Crippen LogP contribution in [0, 0.1) is 0 Å². The highest BCUT2D eigenvalue weighted by molar-refractivity contribution is 7.93. The number of thiazole rings is 1. The minimum Gasteiger partial charge on any atom is -0.494 e. The zero-order chi connectivity index (χ0) is 20.7. The van der Waals surface area contributed by atoms with Gasteiger partial charge in [0.2, 0.25) is 5.91 Å². The van der Waals surface area contributed by atoms with Gasteiger partial charge < -0.3 is 10.1 Å². The van der Waals surface area contributed by atoms with Gasteiger partial charge in [0.05, 0.1) is 11.5 Å². The molecule has 7 nitrogen and oxygen atoms in total. The first-order valence-electron chi connectivity index (χ1n) is 8.70. The summed E-state index contributed by atoms with van der Waals surface area (Å²) in [4.78, 5) is 16.1. The highest BCUT2D eigenvalue weighted by Crippen LogP contribution is 2.19. The van der Waals surface area contributed by atoms with Gasteiger partial charge in [-0.2, -0.15) is 0 Å². The number of hydrogen-bond acceptors (Lipinski definition) is 6. The first-order chi connectivity index (χ1) is 14.0. The summed E-state index contributed by atoms with van der Waals surface area (Å²) in [5, 5.41) is 4.66. The Kier molecular flexibility index (Phi) is 6.63. The maximum Gasteiger partial charge on any atom is 0.263 e. The molecule has 1 aromatic heterocycles. The zero-order valence-electron chi connectivity index (χ0n) is 15.5. The highest BCUT2D eigenvalue weighted by atomic mass is 32.2. The van der Waals surface area contributed by atoms with Crippen LogP contribution in [0.1, 0.15) is 12.5 Å². The van der Waals surface area contributed by atoms with E-state index < -0.39 is 10.0 Å². The van der Waals surface area contributed by atoms with Crippen molar-refractivity contribution < 1.29 is 17.9 Å². The predicted molar refractivity (Wildman–Crippen MR) is 115 cm³/mol. The van der Waals surface area contributed by atoms with Crippen LogP contribution < -0.4 is 14.8 Å². The Labute approximate surface area is 173 Å². The van der Waals surface area contributed by atoms with Gasteiger partial charge in [-0.1, -0.05) is 12.1 Å². The smallest absolute Gasteiger partial charge is 0.263 e. The second-order valence-corrected chi connectivity index (χ2v) is 8.37. The van der Waals surface area contributed by atoms with E-state index in [1.807, 2.05) is 31.2 Å². The number of carbonyl (C=O) groups excluding carboxylic acids is 1. The topological polar surface area (TPSA) is 97.4 Å². The van der Waals surface area contributed by atoms with Gasteiger partial charge in [-0.3, -0.25) is 9.52 Å². The van der Waals surface area contributed by atoms with Crippen molar-refractivity contribution in [2.24, 2.45) is 0 Å². The van der Waals surface area contributed by atoms with E-state index in [0.717, 1.165) is 11.3 Å². The molecule has 1 heterocycles. The van der Waals surface area contributed by atoms with Crippen molar-refractivity contribution in [3.63, 3.8) is 0 Å². The molecule has 2 aromatic carbocycles. The summed E-state index contributed by atoms with van der Waals surface area (Å²) < 4.78 is 32.4. The average Bonchev–Trinajstić information content (AvgIpc) is 3.20. The Morgan fingerprint density at radius 3 is 2.48 bits per heavy atom. The number of benzene rings is 2. The molecule has 0 radical (unpaired) electrons. The second kappa shape index (κ2) is 9.35. The molecule has 0 unspecified atom stereocenters. The third kappa shape index (κ3) is 5.90. The molecule has 0 atom stereocenters. The number of hydrogen-bond donors (Lipinski definition) is 2. The van der Waals surface area contributed by atoms with E-state index in [1.165, 1.54) is 47.9 Å². The molecular formula is C20H19N3O4S2. The van der Waals surface area contributed by atoms with E-state index >= 15 is 0 Å². The van der Waals surface area contributed by atoms with E-state index in [2.05, 4.69) is 15.0 Å². The molecule has 0 spiro atoms. The van der Waals surface area contributed by atoms with Gasteiger partial charge in [-0.05, 0) is 55.0 Å². The third-order valence-electron chi connectivity index (χ3n) is 3.70. The summed E-state index contributed by atoms with van der Waals surface area (Å²) >= 11 is 1.19. The van der Waals surface area contributed by atoms with Gasteiger partial charge in [-0.15, -0.1) is 11.3 Å². The number of aromatic nitrogens is 1. The number of ether oxygens (including phenoxy) is 1. The quantitative estimate of drug-likeness (QED) is 0.528. The van der Waals surface area contributed by atoms with Crippen LogP contribution in [0.5, 0.6) is 5.75 Å². The molecular weight excluding hydrogens is 410 g/mol. The lowest BCUT2D eigenvalue weighted by Crippen LogP contribution is -2.13. The van der Waals surface area contributed by atoms with Gasteiger partial charge in [0, 0.05) is 23.3 Å². The minimum atomic E-state index is -3.72. The lowest BCUT2D eigenvalue weighted by Gasteiger charge is -2.07. The largest absolute Gasteiger partial charge is 0.494 e. The number of nitrogens with zero attached hydrogens (tertiary/aromatic N) is 1. The number of rotatable bonds is 8. The van der Waals surface area contributed by atoms with Crippen molar-refractivity contribution in [1.29, 1.82) is 0 Å². The van der Waals surface area contributed by atoms with Crippen molar-refractivity contribution in [2.45, 2.75) is 11.8 Å². The molecule has 0 aliphatic rings. The molecule has 3 aromatic rings. The van der Waals surface area contributed by atoms with Crippen molar-refractivity contribution in [1.82, 2.24) is 4.98 Å². The lowest BCUT2D eigenvalue weighted by atomic mass is 10.2. The Hall–Kier alpha value is -3.17. The fourth-order valence-corrected chi connectivity index (χ4v) is 4.15. The normalized spacial score (nSPS) is 11.3. The van der Waals surface area contributed by atoms with Gasteiger partial charge in [0.1, 0.15) is 5.75 Å². The Bertz CT molecular complexity index is 1080. The summed E-state index contributed by atoms with van der Waals surface area (Å²) in [6.45, 7) is 2.51. The van der Waals surface area contributed by atoms with Gasteiger partial charge in [-0.25, -0.2) is 13.4 Å². The van der Waals surface area contributed by atoms with Crippen molar-refractivity contribution >= 4 is 44.2 Å². The van der Waals surface area contributed by atoms with E-state index in [0.29, 0.717) is 17.4 Å². The molecule has 150 valence electrons. The molecule has 1 amide bonds. The van der Waals surface area contributed by atoms with Crippen LogP contribution in [0.2, 0.25) is 0 Å². The van der Waals surface area contributed by atoms with Crippen LogP contribution in [-0.2, 0) is 14.8 Å². The highest BCUT2D eigenvalue weighted by Gasteiger charge is 2.15. The molecule has 0 saturated heterocycles. The molecule has 0 aliphatic heterocycles. The monoisotopic (exact) mass is 429 g/mol. The SMILES string of the molecule is CCOc1ccc(/C=C/C(=O)Nc2ccc(S(=O)(=O)Nc3nccs3)cc2)cc1. The van der Waals surface area contributed by atoms with Crippen LogP contribution in [0.3, 0.4) is 0 Å². The summed E-state index contributed by atoms with van der Waals surface area (Å²) in [6, 6.07) is 13.3. The number of carbonyl (C=O) groups is 1. The first kappa shape index (κ1) is 20.6. The van der Waals surface area contributed by atoms with Crippen LogP contribution in [0.15, 0.2) is 71.1 Å². The number of amides is 1. The molecule has 0 fully saturated rings. The van der Waals surface area contributed by atoms with E-state index in [-0.39, 0.29) is 10.8 Å². The maximum absolute atomic E-state index is 12.3. The van der Waals surface area contributed by atoms with E-state index in [9.17, 15) is 13.2 Å². The van der Waals surface area contributed by atoms with E-state index in [1.54, 1.807) is 11.5 Å². The maximum atomic E-state index is 12.3. The molecule has 0 aliphatic carbocycles. The van der Waals surface area contributed by atoms with Crippen molar-refractivity contribution in [3.05, 3.63) is 71.7 Å². The summed E-state index contributed by atoms with van der Waals surface area (Å²) in [5.74, 6) is 0.448. The van der Waals surface area contributed by atoms with Crippen LogP contribution in [0.4, 0.5) is 10.8 Å². The van der Waals surface area contributed by atoms with Crippen LogP contribution in [0.25, 0.3) is 6.08 Å². The number of nitrogens with one attached hydrogen (secondary N) is 2. The zero-order valence-corrected chi connectivity index (χ0v) is 17.2. The van der Waals surface area contributed by atoms with Gasteiger partial charge in [0.15, 0.2) is 5.13 Å². The summed E-state index contributed by atoms with van der Waals surface area (Å²) in [7, 11) is -3.72. The number of sulfonamides is 1. The van der Waals surface area contributed by atoms with Crippen molar-refractivity contribution in [2.75, 3.05) is 16.6 Å². The van der Waals surface area contributed by atoms with Crippen molar-refractivity contribution in [3.8, 4) is 5.75 Å².